The Kier molecular flexibility index (Phi) is 4.65. The summed E-state index contributed by atoms with van der Waals surface area (Å²) in [6, 6.07) is 6.45. The zero-order chi connectivity index (χ0) is 18.0. The molecule has 0 amide bonds. The van der Waals surface area contributed by atoms with E-state index in [2.05, 4.69) is 15.4 Å². The molecular weight excluding hydrogens is 368 g/mol. The van der Waals surface area contributed by atoms with Crippen molar-refractivity contribution in [3.63, 3.8) is 0 Å². The van der Waals surface area contributed by atoms with Gasteiger partial charge in [0.1, 0.15) is 10.4 Å². The lowest BCUT2D eigenvalue weighted by molar-refractivity contribution is -0.391. The van der Waals surface area contributed by atoms with Crippen LogP contribution in [0.15, 0.2) is 40.1 Å². The number of anilines is 1. The maximum atomic E-state index is 12.3. The quantitative estimate of drug-likeness (QED) is 0.484. The number of nitro groups is 1. The molecule has 25 heavy (non-hydrogen) atoms. The van der Waals surface area contributed by atoms with E-state index in [1.54, 1.807) is 29.6 Å². The Labute approximate surface area is 146 Å². The van der Waals surface area contributed by atoms with E-state index in [1.807, 2.05) is 0 Å². The van der Waals surface area contributed by atoms with Crippen molar-refractivity contribution in [2.24, 2.45) is 0 Å². The molecule has 3 heterocycles. The molecule has 0 fully saturated rings. The number of nitrogens with one attached hydrogen (secondary N) is 1. The van der Waals surface area contributed by atoms with E-state index in [0.717, 1.165) is 22.0 Å². The van der Waals surface area contributed by atoms with Crippen molar-refractivity contribution >= 4 is 38.6 Å². The van der Waals surface area contributed by atoms with Gasteiger partial charge in [-0.3, -0.25) is 0 Å². The smallest absolute Gasteiger partial charge is 0.366 e. The lowest BCUT2D eigenvalue weighted by Crippen LogP contribution is -2.31. The van der Waals surface area contributed by atoms with Crippen LogP contribution in [0.1, 0.15) is 0 Å². The summed E-state index contributed by atoms with van der Waals surface area (Å²) >= 11 is 1.16. The molecular formula is C13H14N6O4S2. The van der Waals surface area contributed by atoms with Gasteiger partial charge in [0.25, 0.3) is 10.0 Å². The SMILES string of the molecule is CN(CCNc1ccc2ncc([N+](=O)[O-])n2n1)S(=O)(=O)c1cccs1. The average Bonchev–Trinajstić information content (AvgIpc) is 3.24. The first kappa shape index (κ1) is 17.3. The number of hydrogen-bond acceptors (Lipinski definition) is 8. The molecule has 0 aliphatic rings. The molecule has 0 radical (unpaired) electrons. The number of aromatic nitrogens is 3. The second kappa shape index (κ2) is 6.74. The predicted octanol–water partition coefficient (Wildman–Crippen LogP) is 1.43. The highest BCUT2D eigenvalue weighted by molar-refractivity contribution is 7.91. The second-order valence-electron chi connectivity index (χ2n) is 5.05. The van der Waals surface area contributed by atoms with Gasteiger partial charge < -0.3 is 15.4 Å². The van der Waals surface area contributed by atoms with Crippen molar-refractivity contribution in [3.8, 4) is 0 Å². The molecule has 0 atom stereocenters. The maximum absolute atomic E-state index is 12.3. The molecule has 0 aliphatic carbocycles. The summed E-state index contributed by atoms with van der Waals surface area (Å²) in [6.45, 7) is 0.508. The van der Waals surface area contributed by atoms with Crippen LogP contribution in [0.5, 0.6) is 0 Å². The molecule has 132 valence electrons. The molecule has 0 aromatic carbocycles. The third-order valence-electron chi connectivity index (χ3n) is 3.42. The second-order valence-corrected chi connectivity index (χ2v) is 8.27. The lowest BCUT2D eigenvalue weighted by atomic mass is 10.5. The fourth-order valence-electron chi connectivity index (χ4n) is 2.11. The van der Waals surface area contributed by atoms with Crippen LogP contribution in [0.25, 0.3) is 5.65 Å². The normalized spacial score (nSPS) is 11.9. The minimum atomic E-state index is -3.51. The van der Waals surface area contributed by atoms with Crippen LogP contribution >= 0.6 is 11.3 Å². The van der Waals surface area contributed by atoms with Crippen LogP contribution < -0.4 is 5.32 Å². The predicted molar refractivity (Wildman–Crippen MR) is 92.3 cm³/mol. The number of nitrogens with zero attached hydrogens (tertiary/aromatic N) is 5. The van der Waals surface area contributed by atoms with Crippen LogP contribution in [0.3, 0.4) is 0 Å². The van der Waals surface area contributed by atoms with E-state index in [1.165, 1.54) is 11.4 Å². The standard InChI is InChI=1S/C13H14N6O4S2/c1-17(25(22,23)13-3-2-8-24-13)7-6-14-10-4-5-11-15-9-12(19(20)21)18(11)16-10/h2-5,8-9H,6-7H2,1H3,(H,14,16). The highest BCUT2D eigenvalue weighted by atomic mass is 32.2. The summed E-state index contributed by atoms with van der Waals surface area (Å²) in [6.07, 6.45) is 1.13. The Morgan fingerprint density at radius 3 is 2.88 bits per heavy atom. The number of imidazole rings is 1. The van der Waals surface area contributed by atoms with Gasteiger partial charge >= 0.3 is 5.82 Å². The van der Waals surface area contributed by atoms with Crippen molar-refractivity contribution in [2.75, 3.05) is 25.5 Å². The topological polar surface area (TPSA) is 123 Å². The first-order valence-electron chi connectivity index (χ1n) is 7.12. The molecule has 3 aromatic heterocycles. The van der Waals surface area contributed by atoms with Crippen molar-refractivity contribution in [2.45, 2.75) is 4.21 Å². The molecule has 0 bridgehead atoms. The van der Waals surface area contributed by atoms with Gasteiger partial charge in [-0.15, -0.1) is 11.3 Å². The van der Waals surface area contributed by atoms with Crippen LogP contribution in [-0.4, -0.2) is 52.4 Å². The lowest BCUT2D eigenvalue weighted by Gasteiger charge is -2.16. The zero-order valence-corrected chi connectivity index (χ0v) is 14.7. The van der Waals surface area contributed by atoms with Gasteiger partial charge in [0.2, 0.25) is 5.65 Å². The minimum Gasteiger partial charge on any atom is -0.366 e. The first-order chi connectivity index (χ1) is 11.9. The number of fused-ring (bicyclic) bond motifs is 1. The number of rotatable bonds is 7. The van der Waals surface area contributed by atoms with E-state index < -0.39 is 14.9 Å². The van der Waals surface area contributed by atoms with Gasteiger partial charge in [-0.1, -0.05) is 15.7 Å². The van der Waals surface area contributed by atoms with Crippen LogP contribution in [0.2, 0.25) is 0 Å². The summed E-state index contributed by atoms with van der Waals surface area (Å²) in [4.78, 5) is 14.2. The van der Waals surface area contributed by atoms with Gasteiger partial charge in [-0.05, 0) is 22.4 Å². The van der Waals surface area contributed by atoms with E-state index in [0.29, 0.717) is 18.0 Å². The van der Waals surface area contributed by atoms with Crippen molar-refractivity contribution < 1.29 is 13.3 Å². The van der Waals surface area contributed by atoms with Crippen molar-refractivity contribution in [3.05, 3.63) is 46.0 Å². The van der Waals surface area contributed by atoms with Crippen LogP contribution in [0.4, 0.5) is 11.6 Å². The monoisotopic (exact) mass is 382 g/mol. The summed E-state index contributed by atoms with van der Waals surface area (Å²) in [5, 5.41) is 19.7. The molecule has 0 saturated heterocycles. The Balaban J connectivity index is 1.67. The fourth-order valence-corrected chi connectivity index (χ4v) is 4.48. The molecule has 0 saturated carbocycles. The number of sulfonamides is 1. The van der Waals surface area contributed by atoms with E-state index in [4.69, 9.17) is 0 Å². The minimum absolute atomic E-state index is 0.214. The molecule has 1 N–H and O–H groups in total. The summed E-state index contributed by atoms with van der Waals surface area (Å²) in [5.41, 5.74) is 0.356. The van der Waals surface area contributed by atoms with Crippen molar-refractivity contribution in [1.29, 1.82) is 0 Å². The van der Waals surface area contributed by atoms with E-state index in [-0.39, 0.29) is 16.6 Å². The van der Waals surface area contributed by atoms with E-state index in [9.17, 15) is 18.5 Å². The fraction of sp³-hybridized carbons (Fsp3) is 0.231. The Hall–Kier alpha value is -2.57. The number of likely N-dealkylation sites (N-methyl/N-ethyl adjacent to an activating group) is 1. The Morgan fingerprint density at radius 2 is 2.20 bits per heavy atom. The highest BCUT2D eigenvalue weighted by Crippen LogP contribution is 2.19. The molecule has 10 nitrogen and oxygen atoms in total. The third-order valence-corrected chi connectivity index (χ3v) is 6.65. The first-order valence-corrected chi connectivity index (χ1v) is 9.44. The molecule has 0 unspecified atom stereocenters. The summed E-state index contributed by atoms with van der Waals surface area (Å²) in [7, 11) is -2.01. The van der Waals surface area contributed by atoms with Crippen LogP contribution in [0, 0.1) is 10.1 Å². The van der Waals surface area contributed by atoms with Gasteiger partial charge in [0.05, 0.1) is 0 Å². The number of thiophene rings is 1. The largest absolute Gasteiger partial charge is 0.368 e. The van der Waals surface area contributed by atoms with Gasteiger partial charge in [-0.2, -0.15) is 4.31 Å². The summed E-state index contributed by atoms with van der Waals surface area (Å²) in [5.74, 6) is 0.145. The molecule has 0 spiro atoms. The van der Waals surface area contributed by atoms with Crippen molar-refractivity contribution in [1.82, 2.24) is 18.9 Å². The average molecular weight is 382 g/mol. The summed E-state index contributed by atoms with van der Waals surface area (Å²) < 4.78 is 27.2. The van der Waals surface area contributed by atoms with E-state index >= 15 is 0 Å². The third kappa shape index (κ3) is 3.45. The molecule has 12 heteroatoms. The van der Waals surface area contributed by atoms with Gasteiger partial charge in [0, 0.05) is 26.2 Å². The Morgan fingerprint density at radius 1 is 1.40 bits per heavy atom. The Bertz CT molecular complexity index is 999. The van der Waals surface area contributed by atoms with Gasteiger partial charge in [-0.25, -0.2) is 13.4 Å². The molecule has 3 rings (SSSR count). The molecule has 3 aromatic rings. The van der Waals surface area contributed by atoms with Gasteiger partial charge in [0.15, 0.2) is 5.82 Å². The van der Waals surface area contributed by atoms with Crippen LogP contribution in [-0.2, 0) is 10.0 Å². The highest BCUT2D eigenvalue weighted by Gasteiger charge is 2.21. The number of hydrogen-bond donors (Lipinski definition) is 1. The maximum Gasteiger partial charge on any atom is 0.368 e. The zero-order valence-electron chi connectivity index (χ0n) is 13.1. The molecule has 0 aliphatic heterocycles.